The summed E-state index contributed by atoms with van der Waals surface area (Å²) in [4.78, 5) is 0. The monoisotopic (exact) mass is 200 g/mol. The van der Waals surface area contributed by atoms with Gasteiger partial charge in [-0.2, -0.15) is 0 Å². The second-order valence-corrected chi connectivity index (χ2v) is 6.05. The van der Waals surface area contributed by atoms with Crippen molar-refractivity contribution < 1.29 is 0 Å². The van der Waals surface area contributed by atoms with Gasteiger partial charge in [0.15, 0.2) is 0 Å². The second kappa shape index (κ2) is 10.1. The predicted molar refractivity (Wildman–Crippen MR) is 59.0 cm³/mol. The normalized spacial score (nSPS) is 15.6. The van der Waals surface area contributed by atoms with Crippen LogP contribution in [0.5, 0.6) is 0 Å². The summed E-state index contributed by atoms with van der Waals surface area (Å²) in [7, 11) is 5.64. The molecule has 0 amide bonds. The SMILES string of the molecule is CCCCCC.[Cl][Mg][CH]1CCC1. The molecule has 12 heavy (non-hydrogen) atoms. The van der Waals surface area contributed by atoms with E-state index in [2.05, 4.69) is 13.8 Å². The summed E-state index contributed by atoms with van der Waals surface area (Å²) in [5.41, 5.74) is 0. The molecule has 0 aromatic carbocycles. The lowest BCUT2D eigenvalue weighted by Gasteiger charge is -2.21. The zero-order valence-electron chi connectivity index (χ0n) is 8.61. The van der Waals surface area contributed by atoms with Crippen LogP contribution < -0.4 is 0 Å². The predicted octanol–water partition coefficient (Wildman–Crippen LogP) is 4.40. The van der Waals surface area contributed by atoms with Crippen LogP contribution in [0.3, 0.4) is 0 Å². The van der Waals surface area contributed by atoms with Gasteiger partial charge >= 0.3 is 19.3 Å². The molecule has 1 saturated carbocycles. The lowest BCUT2D eigenvalue weighted by atomic mass is 9.99. The van der Waals surface area contributed by atoms with Crippen molar-refractivity contribution in [3.05, 3.63) is 0 Å². The third kappa shape index (κ3) is 7.69. The van der Waals surface area contributed by atoms with Crippen molar-refractivity contribution in [2.75, 3.05) is 0 Å². The summed E-state index contributed by atoms with van der Waals surface area (Å²) < 4.78 is 1.02. The molecule has 0 N–H and O–H groups in total. The summed E-state index contributed by atoms with van der Waals surface area (Å²) in [6.07, 6.45) is 9.87. The van der Waals surface area contributed by atoms with Gasteiger partial charge in [0.25, 0.3) is 0 Å². The molecule has 0 spiro atoms. The van der Waals surface area contributed by atoms with Crippen LogP contribution in [0.1, 0.15) is 58.8 Å². The lowest BCUT2D eigenvalue weighted by Crippen LogP contribution is -2.07. The molecule has 1 rings (SSSR count). The van der Waals surface area contributed by atoms with Gasteiger partial charge < -0.3 is 9.07 Å². The van der Waals surface area contributed by atoms with E-state index in [0.29, 0.717) is 0 Å². The van der Waals surface area contributed by atoms with E-state index < -0.39 is 0 Å². The number of rotatable bonds is 4. The van der Waals surface area contributed by atoms with Gasteiger partial charge in [-0.25, -0.2) is 0 Å². The minimum atomic E-state index is -0.103. The average molecular weight is 201 g/mol. The van der Waals surface area contributed by atoms with Crippen LogP contribution in [0.25, 0.3) is 0 Å². The van der Waals surface area contributed by atoms with E-state index in [1.165, 1.54) is 44.9 Å². The zero-order valence-corrected chi connectivity index (χ0v) is 10.8. The van der Waals surface area contributed by atoms with Crippen LogP contribution in [0.2, 0.25) is 4.05 Å². The molecule has 0 radical (unpaired) electrons. The molecule has 1 aliphatic rings. The third-order valence-electron chi connectivity index (χ3n) is 2.40. The molecular formula is C10H21ClMg. The Morgan fingerprint density at radius 3 is 1.75 bits per heavy atom. The van der Waals surface area contributed by atoms with Gasteiger partial charge in [-0.1, -0.05) is 58.8 Å². The van der Waals surface area contributed by atoms with Crippen molar-refractivity contribution in [3.63, 3.8) is 0 Å². The number of unbranched alkanes of at least 4 members (excludes halogenated alkanes) is 3. The van der Waals surface area contributed by atoms with Crippen molar-refractivity contribution in [2.24, 2.45) is 0 Å². The topological polar surface area (TPSA) is 0 Å². The van der Waals surface area contributed by atoms with Crippen LogP contribution in [-0.2, 0) is 0 Å². The van der Waals surface area contributed by atoms with Gasteiger partial charge in [-0.15, -0.1) is 4.05 Å². The van der Waals surface area contributed by atoms with Crippen LogP contribution in [0, 0.1) is 0 Å². The Balaban J connectivity index is 0.000000202. The van der Waals surface area contributed by atoms with Crippen LogP contribution >= 0.6 is 9.07 Å². The second-order valence-electron chi connectivity index (χ2n) is 3.66. The highest BCUT2D eigenvalue weighted by molar-refractivity contribution is 6.94. The fourth-order valence-electron chi connectivity index (χ4n) is 1.15. The van der Waals surface area contributed by atoms with E-state index in [4.69, 9.17) is 9.07 Å². The van der Waals surface area contributed by atoms with Crippen molar-refractivity contribution in [2.45, 2.75) is 62.8 Å². The van der Waals surface area contributed by atoms with Crippen LogP contribution in [-0.4, -0.2) is 19.3 Å². The standard InChI is InChI=1S/C6H14.C4H7.ClH.Mg/c1-3-5-6-4-2;1-2-4-3-1;;/h3-6H2,1-2H3;1H,2-4H2;1H;/q;;;+1/p-1. The van der Waals surface area contributed by atoms with E-state index in [9.17, 15) is 0 Å². The number of hydrogen-bond acceptors (Lipinski definition) is 0. The van der Waals surface area contributed by atoms with E-state index in [-0.39, 0.29) is 19.3 Å². The molecule has 0 heterocycles. The molecule has 0 atom stereocenters. The van der Waals surface area contributed by atoms with Crippen molar-refractivity contribution in [1.29, 1.82) is 0 Å². The first kappa shape index (κ1) is 13.1. The molecule has 0 unspecified atom stereocenters. The first-order chi connectivity index (χ1) is 5.85. The maximum absolute atomic E-state index is 5.64. The molecule has 1 fully saturated rings. The Labute approximate surface area is 90.9 Å². The Bertz CT molecular complexity index is 75.2. The Morgan fingerprint density at radius 2 is 1.67 bits per heavy atom. The highest BCUT2D eigenvalue weighted by Crippen LogP contribution is 2.31. The molecule has 0 bridgehead atoms. The molecule has 0 aromatic heterocycles. The van der Waals surface area contributed by atoms with Gasteiger partial charge in [0.05, 0.1) is 0 Å². The summed E-state index contributed by atoms with van der Waals surface area (Å²) >= 11 is -0.103. The zero-order chi connectivity index (χ0) is 9.23. The minimum Gasteiger partial charge on any atom is -0.346 e. The quantitative estimate of drug-likeness (QED) is 0.467. The van der Waals surface area contributed by atoms with Gasteiger partial charge in [-0.3, -0.25) is 0 Å². The van der Waals surface area contributed by atoms with Gasteiger partial charge in [-0.05, 0) is 0 Å². The summed E-state index contributed by atoms with van der Waals surface area (Å²) in [6, 6.07) is 0. The summed E-state index contributed by atoms with van der Waals surface area (Å²) in [5.74, 6) is 0. The van der Waals surface area contributed by atoms with E-state index >= 15 is 0 Å². The minimum absolute atomic E-state index is 0.103. The number of halogens is 1. The maximum Gasteiger partial charge on any atom is 0.504 e. The summed E-state index contributed by atoms with van der Waals surface area (Å²) in [6.45, 7) is 4.46. The largest absolute Gasteiger partial charge is 0.504 e. The Morgan fingerprint density at radius 1 is 1.17 bits per heavy atom. The van der Waals surface area contributed by atoms with Crippen LogP contribution in [0.15, 0.2) is 0 Å². The summed E-state index contributed by atoms with van der Waals surface area (Å²) in [5, 5.41) is 0. The Kier molecular flexibility index (Phi) is 11.0. The number of hydrogen-bond donors (Lipinski definition) is 0. The van der Waals surface area contributed by atoms with Gasteiger partial charge in [0.2, 0.25) is 0 Å². The average Bonchev–Trinajstić information content (AvgIpc) is 2.00. The molecule has 0 aromatic rings. The smallest absolute Gasteiger partial charge is 0.346 e. The van der Waals surface area contributed by atoms with Gasteiger partial charge in [0, 0.05) is 0 Å². The van der Waals surface area contributed by atoms with Crippen LogP contribution in [0.4, 0.5) is 0 Å². The highest BCUT2D eigenvalue weighted by atomic mass is 35.5. The Hall–Kier alpha value is 1.06. The molecule has 0 aliphatic heterocycles. The molecule has 2 heteroatoms. The first-order valence-corrected chi connectivity index (χ1v) is 8.36. The van der Waals surface area contributed by atoms with Crippen molar-refractivity contribution >= 4 is 28.3 Å². The fourth-order valence-corrected chi connectivity index (χ4v) is 2.96. The maximum atomic E-state index is 5.64. The molecule has 0 nitrogen and oxygen atoms in total. The van der Waals surface area contributed by atoms with E-state index in [1.807, 2.05) is 0 Å². The molecule has 70 valence electrons. The molecular weight excluding hydrogens is 180 g/mol. The fraction of sp³-hybridized carbons (Fsp3) is 1.00. The van der Waals surface area contributed by atoms with Crippen molar-refractivity contribution in [3.8, 4) is 0 Å². The highest BCUT2D eigenvalue weighted by Gasteiger charge is 2.17. The van der Waals surface area contributed by atoms with Gasteiger partial charge in [0.1, 0.15) is 0 Å². The first-order valence-electron chi connectivity index (χ1n) is 5.41. The van der Waals surface area contributed by atoms with E-state index in [0.717, 1.165) is 4.05 Å². The molecule has 0 saturated heterocycles. The van der Waals surface area contributed by atoms with E-state index in [1.54, 1.807) is 0 Å². The third-order valence-corrected chi connectivity index (χ3v) is 4.96. The van der Waals surface area contributed by atoms with Crippen molar-refractivity contribution in [1.82, 2.24) is 0 Å². The lowest BCUT2D eigenvalue weighted by molar-refractivity contribution is 0.502. The molecule has 1 aliphatic carbocycles.